The van der Waals surface area contributed by atoms with Gasteiger partial charge in [0, 0.05) is 26.2 Å². The van der Waals surface area contributed by atoms with E-state index in [4.69, 9.17) is 4.74 Å². The van der Waals surface area contributed by atoms with Crippen molar-refractivity contribution in [3.63, 3.8) is 0 Å². The van der Waals surface area contributed by atoms with Crippen LogP contribution in [0.15, 0.2) is 24.3 Å². The summed E-state index contributed by atoms with van der Waals surface area (Å²) in [6.45, 7) is 8.35. The first kappa shape index (κ1) is 11.6. The molecule has 1 aliphatic heterocycles. The molecule has 0 amide bonds. The minimum absolute atomic E-state index is 0.454. The summed E-state index contributed by atoms with van der Waals surface area (Å²) < 4.78 is 5.65. The third kappa shape index (κ3) is 3.06. The Morgan fingerprint density at radius 1 is 1.31 bits per heavy atom. The van der Waals surface area contributed by atoms with Crippen LogP contribution in [-0.4, -0.2) is 30.7 Å². The molecule has 1 saturated heterocycles. The van der Waals surface area contributed by atoms with Crippen molar-refractivity contribution in [3.05, 3.63) is 35.4 Å². The van der Waals surface area contributed by atoms with Crippen molar-refractivity contribution in [3.8, 4) is 0 Å². The van der Waals surface area contributed by atoms with Crippen molar-refractivity contribution in [2.75, 3.05) is 19.7 Å². The second-order valence-electron chi connectivity index (χ2n) is 4.59. The van der Waals surface area contributed by atoms with E-state index in [2.05, 4.69) is 43.0 Å². The van der Waals surface area contributed by atoms with E-state index < -0.39 is 0 Å². The fourth-order valence-corrected chi connectivity index (χ4v) is 2.26. The predicted octanol–water partition coefficient (Wildman–Crippen LogP) is 2.61. The maximum atomic E-state index is 5.65. The van der Waals surface area contributed by atoms with Crippen molar-refractivity contribution in [2.45, 2.75) is 32.9 Å². The number of nitrogens with zero attached hydrogens (tertiary/aromatic N) is 1. The highest BCUT2D eigenvalue weighted by Gasteiger charge is 2.22. The maximum absolute atomic E-state index is 5.65. The van der Waals surface area contributed by atoms with Gasteiger partial charge in [0.05, 0.1) is 6.10 Å². The molecule has 0 saturated carbocycles. The Labute approximate surface area is 98.2 Å². The van der Waals surface area contributed by atoms with Crippen LogP contribution in [0, 0.1) is 6.92 Å². The Balaban J connectivity index is 1.84. The molecule has 0 radical (unpaired) electrons. The number of ether oxygens (including phenoxy) is 1. The topological polar surface area (TPSA) is 12.5 Å². The van der Waals surface area contributed by atoms with Crippen LogP contribution in [0.5, 0.6) is 0 Å². The fourth-order valence-electron chi connectivity index (χ4n) is 2.26. The van der Waals surface area contributed by atoms with Gasteiger partial charge in [-0.05, 0) is 25.8 Å². The number of rotatable bonds is 4. The summed E-state index contributed by atoms with van der Waals surface area (Å²) in [6.07, 6.45) is 1.63. The predicted molar refractivity (Wildman–Crippen MR) is 66.5 cm³/mol. The normalized spacial score (nSPS) is 21.5. The molecule has 1 aromatic rings. The van der Waals surface area contributed by atoms with Crippen molar-refractivity contribution < 1.29 is 4.74 Å². The Morgan fingerprint density at radius 2 is 2.06 bits per heavy atom. The number of benzene rings is 1. The summed E-state index contributed by atoms with van der Waals surface area (Å²) in [5.74, 6) is 0. The number of hydrogen-bond donors (Lipinski definition) is 0. The van der Waals surface area contributed by atoms with Crippen LogP contribution in [0.2, 0.25) is 0 Å². The first-order chi connectivity index (χ1) is 7.78. The average molecular weight is 219 g/mol. The largest absolute Gasteiger partial charge is 0.377 e. The Kier molecular flexibility index (Phi) is 3.97. The molecule has 0 spiro atoms. The van der Waals surface area contributed by atoms with E-state index in [1.54, 1.807) is 0 Å². The molecule has 1 atom stereocenters. The van der Waals surface area contributed by atoms with Gasteiger partial charge >= 0.3 is 0 Å². The summed E-state index contributed by atoms with van der Waals surface area (Å²) in [6, 6.07) is 8.82. The second-order valence-corrected chi connectivity index (χ2v) is 4.59. The van der Waals surface area contributed by atoms with E-state index in [1.807, 2.05) is 0 Å². The van der Waals surface area contributed by atoms with Gasteiger partial charge in [-0.25, -0.2) is 0 Å². The van der Waals surface area contributed by atoms with Gasteiger partial charge in [-0.3, -0.25) is 4.90 Å². The molecule has 0 aromatic heterocycles. The number of hydrogen-bond acceptors (Lipinski definition) is 2. The molecule has 88 valence electrons. The Bertz CT molecular complexity index is 320. The van der Waals surface area contributed by atoms with Crippen molar-refractivity contribution in [1.82, 2.24) is 4.90 Å². The van der Waals surface area contributed by atoms with Gasteiger partial charge in [-0.1, -0.05) is 29.8 Å². The molecular weight excluding hydrogens is 198 g/mol. The summed E-state index contributed by atoms with van der Waals surface area (Å²) >= 11 is 0. The zero-order valence-corrected chi connectivity index (χ0v) is 10.3. The Morgan fingerprint density at radius 3 is 2.75 bits per heavy atom. The maximum Gasteiger partial charge on any atom is 0.0714 e. The monoisotopic (exact) mass is 219 g/mol. The zero-order chi connectivity index (χ0) is 11.4. The number of likely N-dealkylation sites (tertiary alicyclic amines) is 1. The molecule has 1 aromatic carbocycles. The molecule has 0 N–H and O–H groups in total. The third-order valence-electron chi connectivity index (χ3n) is 3.16. The summed E-state index contributed by atoms with van der Waals surface area (Å²) in [7, 11) is 0. The minimum Gasteiger partial charge on any atom is -0.377 e. The first-order valence-corrected chi connectivity index (χ1v) is 6.17. The van der Waals surface area contributed by atoms with Crippen LogP contribution in [0.25, 0.3) is 0 Å². The fraction of sp³-hybridized carbons (Fsp3) is 0.571. The molecule has 1 aliphatic rings. The molecule has 16 heavy (non-hydrogen) atoms. The average Bonchev–Trinajstić information content (AvgIpc) is 2.70. The van der Waals surface area contributed by atoms with Crippen LogP contribution < -0.4 is 0 Å². The third-order valence-corrected chi connectivity index (χ3v) is 3.16. The van der Waals surface area contributed by atoms with E-state index >= 15 is 0 Å². The molecule has 0 aliphatic carbocycles. The summed E-state index contributed by atoms with van der Waals surface area (Å²) in [5, 5.41) is 0. The first-order valence-electron chi connectivity index (χ1n) is 6.17. The van der Waals surface area contributed by atoms with Crippen LogP contribution in [0.3, 0.4) is 0 Å². The van der Waals surface area contributed by atoms with Crippen molar-refractivity contribution in [2.24, 2.45) is 0 Å². The van der Waals surface area contributed by atoms with Crippen LogP contribution >= 0.6 is 0 Å². The highest BCUT2D eigenvalue weighted by atomic mass is 16.5. The van der Waals surface area contributed by atoms with Crippen molar-refractivity contribution in [1.29, 1.82) is 0 Å². The van der Waals surface area contributed by atoms with Gasteiger partial charge < -0.3 is 4.74 Å². The Hall–Kier alpha value is -0.860. The van der Waals surface area contributed by atoms with Gasteiger partial charge in [0.2, 0.25) is 0 Å². The molecule has 1 unspecified atom stereocenters. The molecule has 2 nitrogen and oxygen atoms in total. The SMILES string of the molecule is CCOC1CCN(Cc2ccc(C)cc2)C1. The summed E-state index contributed by atoms with van der Waals surface area (Å²) in [4.78, 5) is 2.48. The molecule has 0 bridgehead atoms. The van der Waals surface area contributed by atoms with E-state index in [9.17, 15) is 0 Å². The highest BCUT2D eigenvalue weighted by molar-refractivity contribution is 5.21. The summed E-state index contributed by atoms with van der Waals surface area (Å²) in [5.41, 5.74) is 2.74. The molecule has 2 heteroatoms. The van der Waals surface area contributed by atoms with Gasteiger partial charge in [0.1, 0.15) is 0 Å². The highest BCUT2D eigenvalue weighted by Crippen LogP contribution is 2.16. The van der Waals surface area contributed by atoms with Gasteiger partial charge in [-0.2, -0.15) is 0 Å². The lowest BCUT2D eigenvalue weighted by molar-refractivity contribution is 0.0683. The van der Waals surface area contributed by atoms with Gasteiger partial charge in [-0.15, -0.1) is 0 Å². The van der Waals surface area contributed by atoms with Crippen LogP contribution in [-0.2, 0) is 11.3 Å². The van der Waals surface area contributed by atoms with E-state index in [0.717, 1.165) is 19.7 Å². The van der Waals surface area contributed by atoms with Crippen LogP contribution in [0.4, 0.5) is 0 Å². The van der Waals surface area contributed by atoms with Gasteiger partial charge in [0.25, 0.3) is 0 Å². The molecular formula is C14H21NO. The standard InChI is InChI=1S/C14H21NO/c1-3-16-14-8-9-15(11-14)10-13-6-4-12(2)5-7-13/h4-7,14H,3,8-11H2,1-2H3. The van der Waals surface area contributed by atoms with E-state index in [0.29, 0.717) is 6.10 Å². The van der Waals surface area contributed by atoms with E-state index in [-0.39, 0.29) is 0 Å². The zero-order valence-electron chi connectivity index (χ0n) is 10.3. The smallest absolute Gasteiger partial charge is 0.0714 e. The second kappa shape index (κ2) is 5.46. The van der Waals surface area contributed by atoms with Gasteiger partial charge in [0.15, 0.2) is 0 Å². The lowest BCUT2D eigenvalue weighted by Crippen LogP contribution is -2.22. The minimum atomic E-state index is 0.454. The molecule has 2 rings (SSSR count). The number of aryl methyl sites for hydroxylation is 1. The molecule has 1 heterocycles. The van der Waals surface area contributed by atoms with Crippen LogP contribution in [0.1, 0.15) is 24.5 Å². The van der Waals surface area contributed by atoms with Crippen molar-refractivity contribution >= 4 is 0 Å². The lowest BCUT2D eigenvalue weighted by Gasteiger charge is -2.16. The molecule has 1 fully saturated rings. The quantitative estimate of drug-likeness (QED) is 0.772. The lowest BCUT2D eigenvalue weighted by atomic mass is 10.1. The van der Waals surface area contributed by atoms with E-state index in [1.165, 1.54) is 24.1 Å².